The molecule has 3 rings (SSSR count). The predicted molar refractivity (Wildman–Crippen MR) is 118 cm³/mol. The van der Waals surface area contributed by atoms with Gasteiger partial charge in [0.25, 0.3) is 11.8 Å². The number of amides is 3. The largest absolute Gasteiger partial charge is 0.351 e. The zero-order valence-corrected chi connectivity index (χ0v) is 17.6. The van der Waals surface area contributed by atoms with Gasteiger partial charge < -0.3 is 16.4 Å². The number of hydrogen-bond acceptors (Lipinski definition) is 4. The molecule has 0 bridgehead atoms. The molecule has 7 nitrogen and oxygen atoms in total. The lowest BCUT2D eigenvalue weighted by Gasteiger charge is -2.37. The molecule has 1 heterocycles. The van der Waals surface area contributed by atoms with E-state index >= 15 is 0 Å². The highest BCUT2D eigenvalue weighted by Gasteiger charge is 2.38. The maximum atomic E-state index is 13.5. The summed E-state index contributed by atoms with van der Waals surface area (Å²) in [4.78, 5) is 40.3. The smallest absolute Gasteiger partial charge is 0.259 e. The molecular weight excluding hydrogens is 380 g/mol. The van der Waals surface area contributed by atoms with Gasteiger partial charge >= 0.3 is 0 Å². The zero-order chi connectivity index (χ0) is 21.8. The van der Waals surface area contributed by atoms with Crippen LogP contribution >= 0.6 is 0 Å². The summed E-state index contributed by atoms with van der Waals surface area (Å²) in [7, 11) is 0. The number of fused-ring (bicyclic) bond motifs is 1. The van der Waals surface area contributed by atoms with E-state index in [2.05, 4.69) is 10.6 Å². The molecule has 1 aliphatic rings. The second kappa shape index (κ2) is 9.09. The third kappa shape index (κ3) is 4.52. The third-order valence-corrected chi connectivity index (χ3v) is 5.00. The van der Waals surface area contributed by atoms with Gasteiger partial charge in [0.2, 0.25) is 5.91 Å². The summed E-state index contributed by atoms with van der Waals surface area (Å²) in [5.41, 5.74) is 8.36. The first-order chi connectivity index (χ1) is 14.3. The van der Waals surface area contributed by atoms with Crippen molar-refractivity contribution in [1.29, 1.82) is 0 Å². The predicted octanol–water partition coefficient (Wildman–Crippen LogP) is 2.70. The number of hydrogen-bond donors (Lipinski definition) is 3. The Morgan fingerprint density at radius 2 is 1.93 bits per heavy atom. The van der Waals surface area contributed by atoms with Crippen molar-refractivity contribution in [2.45, 2.75) is 33.2 Å². The zero-order valence-electron chi connectivity index (χ0n) is 17.6. The van der Waals surface area contributed by atoms with Gasteiger partial charge in [0.05, 0.1) is 11.4 Å². The number of anilines is 2. The lowest BCUT2D eigenvalue weighted by Crippen LogP contribution is -2.51. The van der Waals surface area contributed by atoms with Gasteiger partial charge in [-0.25, -0.2) is 0 Å². The first kappa shape index (κ1) is 21.5. The van der Waals surface area contributed by atoms with Crippen LogP contribution in [0.5, 0.6) is 0 Å². The second-order valence-corrected chi connectivity index (χ2v) is 7.96. The Morgan fingerprint density at radius 1 is 1.17 bits per heavy atom. The fourth-order valence-electron chi connectivity index (χ4n) is 3.60. The van der Waals surface area contributed by atoms with Crippen molar-refractivity contribution in [2.75, 3.05) is 23.3 Å². The molecule has 0 saturated carbocycles. The Kier molecular flexibility index (Phi) is 6.52. The molecule has 0 radical (unpaired) electrons. The van der Waals surface area contributed by atoms with Gasteiger partial charge in [0.15, 0.2) is 0 Å². The molecule has 30 heavy (non-hydrogen) atoms. The quantitative estimate of drug-likeness (QED) is 0.683. The van der Waals surface area contributed by atoms with Crippen LogP contribution in [0.4, 0.5) is 11.4 Å². The fraction of sp³-hybridized carbons (Fsp3) is 0.348. The Hall–Kier alpha value is -3.19. The van der Waals surface area contributed by atoms with Crippen LogP contribution < -0.4 is 21.3 Å². The van der Waals surface area contributed by atoms with Crippen molar-refractivity contribution >= 4 is 29.1 Å². The Bertz CT molecular complexity index is 971. The molecule has 2 aromatic rings. The van der Waals surface area contributed by atoms with Gasteiger partial charge in [-0.1, -0.05) is 31.5 Å². The standard InChI is InChI=1S/C23H28N4O3/c1-14(2)11-20-22(29)26-18-13-16(21(28)25-10-9-24)7-8-19(18)27(20)23(30)17-6-4-5-15(3)12-17/h4-8,12-14,20H,9-11,24H2,1-3H3,(H,25,28)(H,26,29). The summed E-state index contributed by atoms with van der Waals surface area (Å²) in [5, 5.41) is 5.59. The van der Waals surface area contributed by atoms with E-state index in [1.54, 1.807) is 29.2 Å². The van der Waals surface area contributed by atoms with Crippen LogP contribution in [0.1, 0.15) is 46.5 Å². The maximum Gasteiger partial charge on any atom is 0.259 e. The minimum absolute atomic E-state index is 0.219. The molecule has 1 unspecified atom stereocenters. The van der Waals surface area contributed by atoms with Crippen molar-refractivity contribution in [3.8, 4) is 0 Å². The van der Waals surface area contributed by atoms with E-state index in [1.165, 1.54) is 0 Å². The van der Waals surface area contributed by atoms with Gasteiger partial charge in [-0.2, -0.15) is 0 Å². The normalized spacial score (nSPS) is 15.6. The molecule has 7 heteroatoms. The number of nitrogens with one attached hydrogen (secondary N) is 2. The molecule has 0 saturated heterocycles. The average molecular weight is 409 g/mol. The molecule has 158 valence electrons. The van der Waals surface area contributed by atoms with Gasteiger partial charge in [-0.3, -0.25) is 19.3 Å². The average Bonchev–Trinajstić information content (AvgIpc) is 2.71. The van der Waals surface area contributed by atoms with Crippen LogP contribution in [0.2, 0.25) is 0 Å². The van der Waals surface area contributed by atoms with Gasteiger partial charge in [0, 0.05) is 24.2 Å². The molecule has 3 amide bonds. The monoisotopic (exact) mass is 408 g/mol. The Labute approximate surface area is 176 Å². The fourth-order valence-corrected chi connectivity index (χ4v) is 3.60. The van der Waals surface area contributed by atoms with Crippen LogP contribution in [-0.2, 0) is 4.79 Å². The number of rotatable bonds is 6. The lowest BCUT2D eigenvalue weighted by molar-refractivity contribution is -0.117. The molecule has 1 atom stereocenters. The molecule has 2 aromatic carbocycles. The topological polar surface area (TPSA) is 105 Å². The number of carbonyl (C=O) groups excluding carboxylic acids is 3. The Balaban J connectivity index is 2.04. The number of nitrogens with two attached hydrogens (primary N) is 1. The number of aryl methyl sites for hydroxylation is 1. The SMILES string of the molecule is Cc1cccc(C(=O)N2c3ccc(C(=O)NCCN)cc3NC(=O)C2CC(C)C)c1. The van der Waals surface area contributed by atoms with E-state index in [4.69, 9.17) is 5.73 Å². The number of carbonyl (C=O) groups is 3. The minimum Gasteiger partial charge on any atom is -0.351 e. The molecule has 4 N–H and O–H groups in total. The number of benzene rings is 2. The summed E-state index contributed by atoms with van der Waals surface area (Å²) in [6.45, 7) is 6.65. The minimum atomic E-state index is -0.623. The Morgan fingerprint density at radius 3 is 2.60 bits per heavy atom. The van der Waals surface area contributed by atoms with E-state index in [0.29, 0.717) is 42.0 Å². The van der Waals surface area contributed by atoms with Crippen LogP contribution in [0.3, 0.4) is 0 Å². The molecule has 0 fully saturated rings. The third-order valence-electron chi connectivity index (χ3n) is 5.00. The number of nitrogens with zero attached hydrogens (tertiary/aromatic N) is 1. The molecule has 1 aliphatic heterocycles. The van der Waals surface area contributed by atoms with Crippen LogP contribution in [0.25, 0.3) is 0 Å². The molecule has 0 spiro atoms. The molecular formula is C23H28N4O3. The highest BCUT2D eigenvalue weighted by atomic mass is 16.2. The lowest BCUT2D eigenvalue weighted by atomic mass is 9.96. The summed E-state index contributed by atoms with van der Waals surface area (Å²) in [5.74, 6) is -0.549. The highest BCUT2D eigenvalue weighted by molar-refractivity contribution is 6.17. The first-order valence-electron chi connectivity index (χ1n) is 10.1. The summed E-state index contributed by atoms with van der Waals surface area (Å²) in [6, 6.07) is 11.7. The van der Waals surface area contributed by atoms with E-state index in [0.717, 1.165) is 5.56 Å². The van der Waals surface area contributed by atoms with E-state index in [-0.39, 0.29) is 23.6 Å². The van der Waals surface area contributed by atoms with Gasteiger partial charge in [-0.05, 0) is 49.6 Å². The summed E-state index contributed by atoms with van der Waals surface area (Å²) < 4.78 is 0. The molecule has 0 aliphatic carbocycles. The van der Waals surface area contributed by atoms with Gasteiger partial charge in [0.1, 0.15) is 6.04 Å². The van der Waals surface area contributed by atoms with Crippen molar-refractivity contribution < 1.29 is 14.4 Å². The van der Waals surface area contributed by atoms with Gasteiger partial charge in [-0.15, -0.1) is 0 Å². The van der Waals surface area contributed by atoms with Crippen LogP contribution in [-0.4, -0.2) is 36.9 Å². The van der Waals surface area contributed by atoms with Crippen molar-refractivity contribution in [3.63, 3.8) is 0 Å². The van der Waals surface area contributed by atoms with E-state index in [9.17, 15) is 14.4 Å². The summed E-state index contributed by atoms with van der Waals surface area (Å²) >= 11 is 0. The van der Waals surface area contributed by atoms with Crippen molar-refractivity contribution in [3.05, 3.63) is 59.2 Å². The van der Waals surface area contributed by atoms with Crippen molar-refractivity contribution in [2.24, 2.45) is 11.7 Å². The first-order valence-corrected chi connectivity index (χ1v) is 10.1. The highest BCUT2D eigenvalue weighted by Crippen LogP contribution is 2.36. The maximum absolute atomic E-state index is 13.5. The van der Waals surface area contributed by atoms with E-state index < -0.39 is 6.04 Å². The summed E-state index contributed by atoms with van der Waals surface area (Å²) in [6.07, 6.45) is 0.529. The van der Waals surface area contributed by atoms with Crippen molar-refractivity contribution in [1.82, 2.24) is 5.32 Å². The molecule has 0 aromatic heterocycles. The van der Waals surface area contributed by atoms with Crippen LogP contribution in [0, 0.1) is 12.8 Å². The van der Waals surface area contributed by atoms with E-state index in [1.807, 2.05) is 39.0 Å². The van der Waals surface area contributed by atoms with Crippen LogP contribution in [0.15, 0.2) is 42.5 Å². The second-order valence-electron chi connectivity index (χ2n) is 7.96.